The molecule has 5 heteroatoms. The maximum Gasteiger partial charge on any atom is 0.309 e. The van der Waals surface area contributed by atoms with E-state index in [-0.39, 0.29) is 12.4 Å². The smallest absolute Gasteiger partial charge is 0.309 e. The van der Waals surface area contributed by atoms with Crippen molar-refractivity contribution in [3.05, 3.63) is 35.4 Å². The molecular weight excluding hydrogens is 266 g/mol. The van der Waals surface area contributed by atoms with Crippen molar-refractivity contribution >= 4 is 18.4 Å². The van der Waals surface area contributed by atoms with E-state index in [1.807, 2.05) is 24.3 Å². The molecule has 0 heterocycles. The summed E-state index contributed by atoms with van der Waals surface area (Å²) in [6, 6.07) is 7.45. The highest BCUT2D eigenvalue weighted by atomic mass is 35.5. The summed E-state index contributed by atoms with van der Waals surface area (Å²) in [5, 5.41) is 21.9. The Kier molecular flexibility index (Phi) is 7.05. The van der Waals surface area contributed by atoms with Crippen LogP contribution in [0.25, 0.3) is 0 Å². The van der Waals surface area contributed by atoms with Crippen molar-refractivity contribution in [1.29, 1.82) is 0 Å². The number of carbonyl (C=O) groups is 1. The second-order valence-corrected chi connectivity index (χ2v) is 5.18. The number of carboxylic acids is 1. The van der Waals surface area contributed by atoms with Gasteiger partial charge in [-0.2, -0.15) is 0 Å². The van der Waals surface area contributed by atoms with E-state index < -0.39 is 17.5 Å². The van der Waals surface area contributed by atoms with Gasteiger partial charge in [-0.05, 0) is 38.4 Å². The van der Waals surface area contributed by atoms with Gasteiger partial charge in [-0.1, -0.05) is 24.3 Å². The van der Waals surface area contributed by atoms with Crippen molar-refractivity contribution < 1.29 is 15.0 Å². The van der Waals surface area contributed by atoms with Crippen LogP contribution in [-0.4, -0.2) is 29.8 Å². The van der Waals surface area contributed by atoms with Crippen molar-refractivity contribution in [1.82, 2.24) is 5.32 Å². The molecule has 1 aromatic rings. The van der Waals surface area contributed by atoms with Gasteiger partial charge in [0.05, 0.1) is 11.5 Å². The Bertz CT molecular complexity index is 421. The van der Waals surface area contributed by atoms with Crippen molar-refractivity contribution in [2.45, 2.75) is 26.4 Å². The van der Waals surface area contributed by atoms with Crippen LogP contribution in [0.15, 0.2) is 24.3 Å². The van der Waals surface area contributed by atoms with Gasteiger partial charge in [-0.15, -0.1) is 12.4 Å². The van der Waals surface area contributed by atoms with Gasteiger partial charge in [0.25, 0.3) is 0 Å². The van der Waals surface area contributed by atoms with Gasteiger partial charge < -0.3 is 15.5 Å². The summed E-state index contributed by atoms with van der Waals surface area (Å²) in [6.45, 7) is 3.88. The summed E-state index contributed by atoms with van der Waals surface area (Å²) in [5.41, 5.74) is 0.935. The van der Waals surface area contributed by atoms with E-state index in [9.17, 15) is 9.90 Å². The minimum Gasteiger partial charge on any atom is -0.481 e. The highest BCUT2D eigenvalue weighted by Crippen LogP contribution is 2.24. The molecule has 0 bridgehead atoms. The number of aliphatic hydroxyl groups excluding tert-OH is 1. The number of aliphatic hydroxyl groups is 1. The molecule has 1 unspecified atom stereocenters. The fraction of sp³-hybridized carbons (Fsp3) is 0.500. The lowest BCUT2D eigenvalue weighted by Crippen LogP contribution is -2.26. The molecule has 0 saturated carbocycles. The van der Waals surface area contributed by atoms with E-state index >= 15 is 0 Å². The van der Waals surface area contributed by atoms with Crippen molar-refractivity contribution in [3.63, 3.8) is 0 Å². The van der Waals surface area contributed by atoms with Crippen LogP contribution in [0.3, 0.4) is 0 Å². The average Bonchev–Trinajstić information content (AvgIpc) is 2.29. The number of nitrogens with one attached hydrogen (secondary N) is 1. The molecule has 4 nitrogen and oxygen atoms in total. The molecule has 1 rings (SSSR count). The van der Waals surface area contributed by atoms with Crippen LogP contribution in [0.4, 0.5) is 0 Å². The predicted octanol–water partition coefficient (Wildman–Crippen LogP) is 2.01. The van der Waals surface area contributed by atoms with Crippen LogP contribution in [0.2, 0.25) is 0 Å². The Balaban J connectivity index is 0.00000324. The van der Waals surface area contributed by atoms with E-state index in [1.165, 1.54) is 0 Å². The minimum atomic E-state index is -0.816. The second kappa shape index (κ2) is 7.48. The first-order chi connectivity index (χ1) is 8.36. The Hall–Kier alpha value is -1.10. The van der Waals surface area contributed by atoms with Crippen molar-refractivity contribution in [2.75, 3.05) is 13.6 Å². The zero-order chi connectivity index (χ0) is 13.8. The molecule has 0 saturated heterocycles. The monoisotopic (exact) mass is 287 g/mol. The molecule has 0 aliphatic rings. The van der Waals surface area contributed by atoms with Crippen LogP contribution in [-0.2, 0) is 11.2 Å². The van der Waals surface area contributed by atoms with E-state index in [1.54, 1.807) is 20.9 Å². The normalized spacial score (nSPS) is 12.6. The molecule has 1 atom stereocenters. The van der Waals surface area contributed by atoms with E-state index in [0.29, 0.717) is 13.0 Å². The molecule has 0 aliphatic carbocycles. The molecule has 19 heavy (non-hydrogen) atoms. The van der Waals surface area contributed by atoms with Crippen LogP contribution >= 0.6 is 12.4 Å². The highest BCUT2D eigenvalue weighted by Gasteiger charge is 2.27. The van der Waals surface area contributed by atoms with Crippen molar-refractivity contribution in [3.8, 4) is 0 Å². The molecule has 0 spiro atoms. The van der Waals surface area contributed by atoms with Gasteiger partial charge in [0.1, 0.15) is 0 Å². The van der Waals surface area contributed by atoms with Crippen molar-refractivity contribution in [2.24, 2.45) is 5.41 Å². The van der Waals surface area contributed by atoms with Gasteiger partial charge in [-0.25, -0.2) is 0 Å². The van der Waals surface area contributed by atoms with Gasteiger partial charge in [0.2, 0.25) is 0 Å². The summed E-state index contributed by atoms with van der Waals surface area (Å²) < 4.78 is 0. The lowest BCUT2D eigenvalue weighted by atomic mass is 9.85. The fourth-order valence-electron chi connectivity index (χ4n) is 1.81. The Morgan fingerprint density at radius 3 is 2.58 bits per heavy atom. The summed E-state index contributed by atoms with van der Waals surface area (Å²) in [5.74, 6) is -0.816. The van der Waals surface area contributed by atoms with Gasteiger partial charge in [0.15, 0.2) is 0 Å². The molecule has 108 valence electrons. The van der Waals surface area contributed by atoms with E-state index in [2.05, 4.69) is 5.32 Å². The number of rotatable bonds is 6. The van der Waals surface area contributed by atoms with Gasteiger partial charge >= 0.3 is 5.97 Å². The third-order valence-electron chi connectivity index (χ3n) is 2.96. The zero-order valence-electron chi connectivity index (χ0n) is 11.5. The Labute approximate surface area is 120 Å². The van der Waals surface area contributed by atoms with Crippen LogP contribution < -0.4 is 5.32 Å². The summed E-state index contributed by atoms with van der Waals surface area (Å²) in [4.78, 5) is 11.1. The number of halogens is 1. The standard InChI is InChI=1S/C14H21NO3.ClH/c1-14(2,13(17)18)8-10-5-4-6-11(7-10)12(16)9-15-3;/h4-7,12,15-16H,8-9H2,1-3H3,(H,17,18);1H. The zero-order valence-corrected chi connectivity index (χ0v) is 12.3. The first-order valence-corrected chi connectivity index (χ1v) is 6.01. The Morgan fingerprint density at radius 2 is 2.05 bits per heavy atom. The fourth-order valence-corrected chi connectivity index (χ4v) is 1.81. The van der Waals surface area contributed by atoms with Crippen LogP contribution in [0, 0.1) is 5.41 Å². The lowest BCUT2D eigenvalue weighted by molar-refractivity contribution is -0.146. The topological polar surface area (TPSA) is 69.6 Å². The van der Waals surface area contributed by atoms with Crippen LogP contribution in [0.1, 0.15) is 31.1 Å². The molecule has 0 fully saturated rings. The van der Waals surface area contributed by atoms with Gasteiger partial charge in [-0.3, -0.25) is 4.79 Å². The molecular formula is C14H22ClNO3. The molecule has 0 amide bonds. The average molecular weight is 288 g/mol. The van der Waals surface area contributed by atoms with E-state index in [0.717, 1.165) is 11.1 Å². The summed E-state index contributed by atoms with van der Waals surface area (Å²) in [7, 11) is 1.78. The molecule has 1 aromatic carbocycles. The number of likely N-dealkylation sites (N-methyl/N-ethyl adjacent to an activating group) is 1. The Morgan fingerprint density at radius 1 is 1.42 bits per heavy atom. The summed E-state index contributed by atoms with van der Waals surface area (Å²) in [6.07, 6.45) is -0.120. The predicted molar refractivity (Wildman–Crippen MR) is 77.7 cm³/mol. The highest BCUT2D eigenvalue weighted by molar-refractivity contribution is 5.85. The SMILES string of the molecule is CNCC(O)c1cccc(CC(C)(C)C(=O)O)c1.Cl. The van der Waals surface area contributed by atoms with Gasteiger partial charge in [0, 0.05) is 6.54 Å². The molecule has 0 aromatic heterocycles. The minimum absolute atomic E-state index is 0. The third kappa shape index (κ3) is 5.19. The number of aliphatic carboxylic acids is 1. The third-order valence-corrected chi connectivity index (χ3v) is 2.96. The maximum atomic E-state index is 11.1. The van der Waals surface area contributed by atoms with Crippen LogP contribution in [0.5, 0.6) is 0 Å². The second-order valence-electron chi connectivity index (χ2n) is 5.18. The number of benzene rings is 1. The van der Waals surface area contributed by atoms with E-state index in [4.69, 9.17) is 5.11 Å². The molecule has 3 N–H and O–H groups in total. The first kappa shape index (κ1) is 17.9. The molecule has 0 aliphatic heterocycles. The first-order valence-electron chi connectivity index (χ1n) is 6.01. The number of carboxylic acid groups (broad SMARTS) is 1. The lowest BCUT2D eigenvalue weighted by Gasteiger charge is -2.20. The molecule has 0 radical (unpaired) electrons. The largest absolute Gasteiger partial charge is 0.481 e. The number of hydrogen-bond acceptors (Lipinski definition) is 3. The number of hydrogen-bond donors (Lipinski definition) is 3. The maximum absolute atomic E-state index is 11.1. The summed E-state index contributed by atoms with van der Waals surface area (Å²) >= 11 is 0. The quantitative estimate of drug-likeness (QED) is 0.749.